The molecule has 1 unspecified atom stereocenters. The van der Waals surface area contributed by atoms with Crippen molar-refractivity contribution in [1.29, 1.82) is 0 Å². The highest BCUT2D eigenvalue weighted by molar-refractivity contribution is 7.09. The molecule has 2 rings (SSSR count). The Hall–Kier alpha value is -1.21. The quantitative estimate of drug-likeness (QED) is 0.778. The lowest BCUT2D eigenvalue weighted by Gasteiger charge is -2.10. The SMILES string of the molecule is CNCC(C)C(=O)NCCc1nc(-c2ccccn2)cs1.Cl.Cl. The first-order valence-corrected chi connectivity index (χ1v) is 7.86. The number of carbonyl (C=O) groups excluding carboxylic acids is 1. The third-order valence-electron chi connectivity index (χ3n) is 3.08. The maximum atomic E-state index is 11.8. The second kappa shape index (κ2) is 11.3. The van der Waals surface area contributed by atoms with E-state index in [1.54, 1.807) is 17.5 Å². The number of pyridine rings is 1. The molecule has 2 N–H and O–H groups in total. The van der Waals surface area contributed by atoms with Crippen LogP contribution in [0.4, 0.5) is 0 Å². The van der Waals surface area contributed by atoms with Crippen LogP contribution in [0.2, 0.25) is 0 Å². The van der Waals surface area contributed by atoms with Gasteiger partial charge < -0.3 is 10.6 Å². The van der Waals surface area contributed by atoms with Crippen LogP contribution in [0.5, 0.6) is 0 Å². The molecule has 0 aliphatic rings. The summed E-state index contributed by atoms with van der Waals surface area (Å²) in [6, 6.07) is 5.78. The molecule has 0 aliphatic carbocycles. The Balaban J connectivity index is 0.00000242. The molecule has 0 radical (unpaired) electrons. The van der Waals surface area contributed by atoms with Gasteiger partial charge in [0.1, 0.15) is 0 Å². The Morgan fingerprint density at radius 2 is 2.09 bits per heavy atom. The average Bonchev–Trinajstić information content (AvgIpc) is 2.97. The van der Waals surface area contributed by atoms with E-state index in [0.29, 0.717) is 13.1 Å². The van der Waals surface area contributed by atoms with Gasteiger partial charge in [-0.3, -0.25) is 9.78 Å². The van der Waals surface area contributed by atoms with E-state index in [-0.39, 0.29) is 36.6 Å². The van der Waals surface area contributed by atoms with Crippen LogP contribution in [0.1, 0.15) is 11.9 Å². The number of carbonyl (C=O) groups is 1. The zero-order valence-electron chi connectivity index (χ0n) is 13.1. The second-order valence-electron chi connectivity index (χ2n) is 4.84. The Kier molecular flexibility index (Phi) is 10.7. The molecule has 1 atom stereocenters. The molecule has 0 aliphatic heterocycles. The maximum Gasteiger partial charge on any atom is 0.224 e. The van der Waals surface area contributed by atoms with E-state index in [0.717, 1.165) is 22.8 Å². The van der Waals surface area contributed by atoms with Gasteiger partial charge in [-0.2, -0.15) is 0 Å². The fourth-order valence-electron chi connectivity index (χ4n) is 1.92. The Morgan fingerprint density at radius 1 is 1.30 bits per heavy atom. The summed E-state index contributed by atoms with van der Waals surface area (Å²) in [5.74, 6) is 0.0567. The predicted octanol–water partition coefficient (Wildman–Crippen LogP) is 2.56. The lowest BCUT2D eigenvalue weighted by Crippen LogP contribution is -2.35. The van der Waals surface area contributed by atoms with Crippen LogP contribution in [-0.2, 0) is 11.2 Å². The molecule has 8 heteroatoms. The van der Waals surface area contributed by atoms with E-state index >= 15 is 0 Å². The molecular weight excluding hydrogens is 355 g/mol. The summed E-state index contributed by atoms with van der Waals surface area (Å²) in [6.45, 7) is 3.21. The smallest absolute Gasteiger partial charge is 0.224 e. The number of thiazole rings is 1. The molecule has 0 saturated carbocycles. The largest absolute Gasteiger partial charge is 0.355 e. The molecular formula is C15H22Cl2N4OS. The first-order valence-electron chi connectivity index (χ1n) is 6.99. The fourth-order valence-corrected chi connectivity index (χ4v) is 2.72. The van der Waals surface area contributed by atoms with Gasteiger partial charge >= 0.3 is 0 Å². The van der Waals surface area contributed by atoms with Crippen molar-refractivity contribution >= 4 is 42.1 Å². The van der Waals surface area contributed by atoms with Crippen molar-refractivity contribution in [1.82, 2.24) is 20.6 Å². The second-order valence-corrected chi connectivity index (χ2v) is 5.78. The number of halogens is 2. The number of nitrogens with one attached hydrogen (secondary N) is 2. The van der Waals surface area contributed by atoms with Crippen LogP contribution in [0.25, 0.3) is 11.4 Å². The summed E-state index contributed by atoms with van der Waals surface area (Å²) < 4.78 is 0. The third kappa shape index (κ3) is 6.83. The van der Waals surface area contributed by atoms with Crippen molar-refractivity contribution < 1.29 is 4.79 Å². The van der Waals surface area contributed by atoms with E-state index in [1.165, 1.54) is 0 Å². The van der Waals surface area contributed by atoms with E-state index < -0.39 is 0 Å². The van der Waals surface area contributed by atoms with Crippen molar-refractivity contribution in [2.45, 2.75) is 13.3 Å². The molecule has 2 aromatic rings. The number of aromatic nitrogens is 2. The van der Waals surface area contributed by atoms with Crippen LogP contribution < -0.4 is 10.6 Å². The lowest BCUT2D eigenvalue weighted by molar-refractivity contribution is -0.124. The monoisotopic (exact) mass is 376 g/mol. The first kappa shape index (κ1) is 21.8. The molecule has 1 amide bonds. The Labute approximate surface area is 153 Å². The lowest BCUT2D eigenvalue weighted by atomic mass is 10.1. The molecule has 0 spiro atoms. The molecule has 23 heavy (non-hydrogen) atoms. The van der Waals surface area contributed by atoms with Gasteiger partial charge in [0.05, 0.1) is 16.4 Å². The van der Waals surface area contributed by atoms with Gasteiger partial charge in [0.25, 0.3) is 0 Å². The highest BCUT2D eigenvalue weighted by Gasteiger charge is 2.11. The minimum absolute atomic E-state index is 0. The van der Waals surface area contributed by atoms with Crippen LogP contribution in [0, 0.1) is 5.92 Å². The van der Waals surface area contributed by atoms with Crippen LogP contribution in [0.15, 0.2) is 29.8 Å². The third-order valence-corrected chi connectivity index (χ3v) is 3.98. The summed E-state index contributed by atoms with van der Waals surface area (Å²) in [5.41, 5.74) is 1.78. The minimum Gasteiger partial charge on any atom is -0.355 e. The Bertz CT molecular complexity index is 580. The number of rotatable bonds is 7. The highest BCUT2D eigenvalue weighted by atomic mass is 35.5. The summed E-state index contributed by atoms with van der Waals surface area (Å²) in [4.78, 5) is 20.6. The van der Waals surface area contributed by atoms with Gasteiger partial charge in [0.15, 0.2) is 0 Å². The molecule has 2 heterocycles. The van der Waals surface area contributed by atoms with E-state index in [1.807, 2.05) is 37.6 Å². The minimum atomic E-state index is -0.0182. The summed E-state index contributed by atoms with van der Waals surface area (Å²) in [7, 11) is 1.85. The highest BCUT2D eigenvalue weighted by Crippen LogP contribution is 2.19. The average molecular weight is 377 g/mol. The van der Waals surface area contributed by atoms with Gasteiger partial charge in [-0.15, -0.1) is 36.2 Å². The molecule has 0 bridgehead atoms. The van der Waals surface area contributed by atoms with Crippen LogP contribution in [-0.4, -0.2) is 36.0 Å². The molecule has 5 nitrogen and oxygen atoms in total. The van der Waals surface area contributed by atoms with E-state index in [4.69, 9.17) is 0 Å². The summed E-state index contributed by atoms with van der Waals surface area (Å²) >= 11 is 1.60. The normalized spacial score (nSPS) is 11.0. The van der Waals surface area contributed by atoms with E-state index in [9.17, 15) is 4.79 Å². The van der Waals surface area contributed by atoms with Crippen LogP contribution in [0.3, 0.4) is 0 Å². The molecule has 0 fully saturated rings. The molecule has 2 aromatic heterocycles. The predicted molar refractivity (Wildman–Crippen MR) is 99.6 cm³/mol. The zero-order valence-corrected chi connectivity index (χ0v) is 15.6. The van der Waals surface area contributed by atoms with Gasteiger partial charge in [0.2, 0.25) is 5.91 Å². The topological polar surface area (TPSA) is 66.9 Å². The van der Waals surface area contributed by atoms with Gasteiger partial charge in [0, 0.05) is 37.0 Å². The maximum absolute atomic E-state index is 11.8. The van der Waals surface area contributed by atoms with Crippen LogP contribution >= 0.6 is 36.2 Å². The van der Waals surface area contributed by atoms with Crippen molar-refractivity contribution in [3.05, 3.63) is 34.8 Å². The van der Waals surface area contributed by atoms with Crippen molar-refractivity contribution in [3.63, 3.8) is 0 Å². The summed E-state index contributed by atoms with van der Waals surface area (Å²) in [6.07, 6.45) is 2.51. The zero-order chi connectivity index (χ0) is 15.1. The first-order chi connectivity index (χ1) is 10.2. The fraction of sp³-hybridized carbons (Fsp3) is 0.400. The van der Waals surface area contributed by atoms with Crippen molar-refractivity contribution in [3.8, 4) is 11.4 Å². The van der Waals surface area contributed by atoms with Gasteiger partial charge in [-0.05, 0) is 19.2 Å². The van der Waals surface area contributed by atoms with Gasteiger partial charge in [-0.1, -0.05) is 13.0 Å². The van der Waals surface area contributed by atoms with Gasteiger partial charge in [-0.25, -0.2) is 4.98 Å². The number of nitrogens with zero attached hydrogens (tertiary/aromatic N) is 2. The number of hydrogen-bond acceptors (Lipinski definition) is 5. The molecule has 128 valence electrons. The van der Waals surface area contributed by atoms with E-state index in [2.05, 4.69) is 20.6 Å². The number of amides is 1. The number of hydrogen-bond donors (Lipinski definition) is 2. The molecule has 0 saturated heterocycles. The standard InChI is InChI=1S/C15H20N4OS.2ClH/c1-11(9-16-2)15(20)18-8-6-14-19-13(10-21-14)12-5-3-4-7-17-12;;/h3-5,7,10-11,16H,6,8-9H2,1-2H3,(H,18,20);2*1H. The van der Waals surface area contributed by atoms with Crippen molar-refractivity contribution in [2.75, 3.05) is 20.1 Å². The molecule has 0 aromatic carbocycles. The summed E-state index contributed by atoms with van der Waals surface area (Å²) in [5, 5.41) is 8.95. The van der Waals surface area contributed by atoms with Crippen molar-refractivity contribution in [2.24, 2.45) is 5.92 Å². The Morgan fingerprint density at radius 3 is 2.74 bits per heavy atom.